The Morgan fingerprint density at radius 2 is 2.06 bits per heavy atom. The number of aliphatic carboxylic acids is 1. The minimum atomic E-state index is -5.08. The number of carbonyl (C=O) groups is 2. The van der Waals surface area contributed by atoms with Crippen molar-refractivity contribution in [2.45, 2.75) is 18.8 Å². The van der Waals surface area contributed by atoms with Crippen molar-refractivity contribution < 1.29 is 32.6 Å². The van der Waals surface area contributed by atoms with Crippen LogP contribution in [-0.4, -0.2) is 81.6 Å². The predicted molar refractivity (Wildman–Crippen MR) is 106 cm³/mol. The van der Waals surface area contributed by atoms with Crippen molar-refractivity contribution >= 4 is 23.2 Å². The summed E-state index contributed by atoms with van der Waals surface area (Å²) in [6.07, 6.45) is -0.942. The van der Waals surface area contributed by atoms with Crippen LogP contribution in [0.1, 0.15) is 15.2 Å². The molecule has 0 aliphatic carbocycles. The third-order valence-electron chi connectivity index (χ3n) is 5.04. The Bertz CT molecular complexity index is 887. The summed E-state index contributed by atoms with van der Waals surface area (Å²) in [5.41, 5.74) is 1.22. The van der Waals surface area contributed by atoms with E-state index in [-0.39, 0.29) is 12.0 Å². The molecule has 1 N–H and O–H groups in total. The summed E-state index contributed by atoms with van der Waals surface area (Å²) in [6.45, 7) is 5.00. The molecular formula is C19H23F3N4O4S. The number of hydrogen-bond donors (Lipinski definition) is 1. The average Bonchev–Trinajstić information content (AvgIpc) is 3.42. The highest BCUT2D eigenvalue weighted by Crippen LogP contribution is 2.26. The number of amides is 1. The molecule has 0 radical (unpaired) electrons. The SMILES string of the molecule is Cn1cc(CN2CCO[C@@H]3CN(C(=O)c4cccs4)C[C@@H]3C2)cn1.O=C(O)C(F)(F)F. The van der Waals surface area contributed by atoms with E-state index in [0.717, 1.165) is 37.7 Å². The first kappa shape index (κ1) is 23.2. The molecule has 170 valence electrons. The molecule has 2 aromatic rings. The number of thiophene rings is 1. The van der Waals surface area contributed by atoms with E-state index in [0.29, 0.717) is 12.5 Å². The van der Waals surface area contributed by atoms with Crippen LogP contribution >= 0.6 is 11.3 Å². The average molecular weight is 460 g/mol. The third kappa shape index (κ3) is 6.28. The fourth-order valence-corrected chi connectivity index (χ4v) is 4.33. The van der Waals surface area contributed by atoms with Gasteiger partial charge >= 0.3 is 12.1 Å². The number of fused-ring (bicyclic) bond motifs is 1. The van der Waals surface area contributed by atoms with Crippen molar-refractivity contribution in [2.24, 2.45) is 13.0 Å². The highest BCUT2D eigenvalue weighted by Gasteiger charge is 2.39. The summed E-state index contributed by atoms with van der Waals surface area (Å²) < 4.78 is 39.6. The largest absolute Gasteiger partial charge is 0.490 e. The Balaban J connectivity index is 0.000000339. The van der Waals surface area contributed by atoms with Crippen LogP contribution < -0.4 is 0 Å². The zero-order valence-corrected chi connectivity index (χ0v) is 17.6. The molecular weight excluding hydrogens is 437 g/mol. The molecule has 2 aliphatic heterocycles. The second-order valence-electron chi connectivity index (χ2n) is 7.42. The Morgan fingerprint density at radius 1 is 1.32 bits per heavy atom. The van der Waals surface area contributed by atoms with E-state index >= 15 is 0 Å². The molecule has 2 fully saturated rings. The van der Waals surface area contributed by atoms with E-state index in [4.69, 9.17) is 14.6 Å². The van der Waals surface area contributed by atoms with Gasteiger partial charge in [0, 0.05) is 57.4 Å². The minimum Gasteiger partial charge on any atom is -0.475 e. The van der Waals surface area contributed by atoms with Crippen molar-refractivity contribution in [3.05, 3.63) is 40.3 Å². The molecule has 0 bridgehead atoms. The number of nitrogens with zero attached hydrogens (tertiary/aromatic N) is 4. The first-order valence-corrected chi connectivity index (χ1v) is 10.5. The van der Waals surface area contributed by atoms with E-state index in [2.05, 4.69) is 16.2 Å². The van der Waals surface area contributed by atoms with Crippen LogP contribution in [0.25, 0.3) is 0 Å². The van der Waals surface area contributed by atoms with Crippen LogP contribution in [0.5, 0.6) is 0 Å². The number of carboxylic acids is 1. The molecule has 31 heavy (non-hydrogen) atoms. The number of aromatic nitrogens is 2. The zero-order valence-electron chi connectivity index (χ0n) is 16.8. The van der Waals surface area contributed by atoms with Crippen LogP contribution in [0, 0.1) is 5.92 Å². The maximum Gasteiger partial charge on any atom is 0.490 e. The van der Waals surface area contributed by atoms with Gasteiger partial charge in [-0.25, -0.2) is 4.79 Å². The molecule has 0 aromatic carbocycles. The van der Waals surface area contributed by atoms with Gasteiger partial charge in [0.1, 0.15) is 0 Å². The van der Waals surface area contributed by atoms with Gasteiger partial charge < -0.3 is 14.7 Å². The van der Waals surface area contributed by atoms with E-state index in [1.807, 2.05) is 40.3 Å². The molecule has 2 aliphatic rings. The van der Waals surface area contributed by atoms with Crippen LogP contribution in [-0.2, 0) is 23.1 Å². The van der Waals surface area contributed by atoms with Crippen LogP contribution in [0.3, 0.4) is 0 Å². The maximum absolute atomic E-state index is 12.6. The number of ether oxygens (including phenoxy) is 1. The van der Waals surface area contributed by atoms with Gasteiger partial charge in [-0.3, -0.25) is 14.4 Å². The number of hydrogen-bond acceptors (Lipinski definition) is 6. The standard InChI is InChI=1S/C17H22N4O2S.C2HF3O2/c1-19-8-13(7-18-19)9-20-4-5-23-15-12-21(11-14(15)10-20)17(22)16-3-2-6-24-16;3-2(4,5)1(6)7/h2-3,6-8,14-15H,4-5,9-12H2,1H3;(H,6,7)/t14-,15+;/m0./s1. The lowest BCUT2D eigenvalue weighted by Crippen LogP contribution is -2.33. The summed E-state index contributed by atoms with van der Waals surface area (Å²) in [7, 11) is 1.94. The normalized spacial score (nSPS) is 21.7. The first-order valence-electron chi connectivity index (χ1n) is 9.58. The van der Waals surface area contributed by atoms with Gasteiger partial charge in [-0.2, -0.15) is 18.3 Å². The zero-order chi connectivity index (χ0) is 22.6. The number of halogens is 3. The molecule has 1 amide bonds. The van der Waals surface area contributed by atoms with E-state index in [1.165, 1.54) is 16.9 Å². The molecule has 0 saturated carbocycles. The first-order chi connectivity index (χ1) is 14.6. The number of carbonyl (C=O) groups excluding carboxylic acids is 1. The maximum atomic E-state index is 12.6. The van der Waals surface area contributed by atoms with Gasteiger partial charge in [0.05, 0.1) is 23.8 Å². The topological polar surface area (TPSA) is 87.9 Å². The smallest absolute Gasteiger partial charge is 0.475 e. The molecule has 4 heterocycles. The van der Waals surface area contributed by atoms with Gasteiger partial charge in [-0.05, 0) is 11.4 Å². The van der Waals surface area contributed by atoms with Crippen LogP contribution in [0.2, 0.25) is 0 Å². The van der Waals surface area contributed by atoms with Gasteiger partial charge in [0.2, 0.25) is 0 Å². The van der Waals surface area contributed by atoms with Gasteiger partial charge in [-0.1, -0.05) is 6.07 Å². The van der Waals surface area contributed by atoms with Gasteiger partial charge in [0.15, 0.2) is 0 Å². The van der Waals surface area contributed by atoms with Crippen molar-refractivity contribution in [3.63, 3.8) is 0 Å². The van der Waals surface area contributed by atoms with Crippen molar-refractivity contribution in [1.29, 1.82) is 0 Å². The lowest BCUT2D eigenvalue weighted by molar-refractivity contribution is -0.192. The minimum absolute atomic E-state index is 0.139. The number of rotatable bonds is 3. The summed E-state index contributed by atoms with van der Waals surface area (Å²) >= 11 is 1.51. The second kappa shape index (κ2) is 9.79. The highest BCUT2D eigenvalue weighted by molar-refractivity contribution is 7.12. The lowest BCUT2D eigenvalue weighted by atomic mass is 10.1. The van der Waals surface area contributed by atoms with Crippen molar-refractivity contribution in [1.82, 2.24) is 19.6 Å². The molecule has 0 unspecified atom stereocenters. The lowest BCUT2D eigenvalue weighted by Gasteiger charge is -2.22. The number of carboxylic acid groups (broad SMARTS) is 1. The molecule has 12 heteroatoms. The Morgan fingerprint density at radius 3 is 2.65 bits per heavy atom. The number of aryl methyl sites for hydroxylation is 1. The molecule has 0 spiro atoms. The number of alkyl halides is 3. The summed E-state index contributed by atoms with van der Waals surface area (Å²) in [4.78, 5) is 26.7. The van der Waals surface area contributed by atoms with Crippen LogP contribution in [0.4, 0.5) is 13.2 Å². The monoisotopic (exact) mass is 460 g/mol. The molecule has 2 aromatic heterocycles. The molecule has 2 atom stereocenters. The summed E-state index contributed by atoms with van der Waals surface area (Å²) in [5, 5.41) is 13.3. The van der Waals surface area contributed by atoms with Crippen LogP contribution in [0.15, 0.2) is 29.9 Å². The van der Waals surface area contributed by atoms with E-state index in [1.54, 1.807) is 0 Å². The van der Waals surface area contributed by atoms with E-state index in [9.17, 15) is 18.0 Å². The molecule has 8 nitrogen and oxygen atoms in total. The molecule has 2 saturated heterocycles. The fourth-order valence-electron chi connectivity index (χ4n) is 3.64. The van der Waals surface area contributed by atoms with Crippen molar-refractivity contribution in [2.75, 3.05) is 32.8 Å². The summed E-state index contributed by atoms with van der Waals surface area (Å²) in [6, 6.07) is 3.83. The quantitative estimate of drug-likeness (QED) is 0.755. The Kier molecular flexibility index (Phi) is 7.34. The fraction of sp³-hybridized carbons (Fsp3) is 0.526. The summed E-state index contributed by atoms with van der Waals surface area (Å²) in [5.74, 6) is -2.24. The Labute approximate surface area is 180 Å². The van der Waals surface area contributed by atoms with Gasteiger partial charge in [-0.15, -0.1) is 11.3 Å². The van der Waals surface area contributed by atoms with E-state index < -0.39 is 12.1 Å². The molecule has 4 rings (SSSR count). The third-order valence-corrected chi connectivity index (χ3v) is 5.90. The predicted octanol–water partition coefficient (Wildman–Crippen LogP) is 2.09. The van der Waals surface area contributed by atoms with Crippen molar-refractivity contribution in [3.8, 4) is 0 Å². The Hall–Kier alpha value is -2.44. The highest BCUT2D eigenvalue weighted by atomic mass is 32.1. The van der Waals surface area contributed by atoms with Gasteiger partial charge in [0.25, 0.3) is 5.91 Å². The number of likely N-dealkylation sites (tertiary alicyclic amines) is 1. The second-order valence-corrected chi connectivity index (χ2v) is 8.36.